The fraction of sp³-hybridized carbons (Fsp3) is 1.00. The summed E-state index contributed by atoms with van der Waals surface area (Å²) in [5.41, 5.74) is 5.52. The molecule has 5 heteroatoms. The minimum absolute atomic E-state index is 0.138. The van der Waals surface area contributed by atoms with Gasteiger partial charge >= 0.3 is 0 Å². The molecule has 0 radical (unpaired) electrons. The minimum Gasteiger partial charge on any atom is -0.370 e. The van der Waals surface area contributed by atoms with Crippen LogP contribution in [0.25, 0.3) is 0 Å². The Labute approximate surface area is 82.2 Å². The molecule has 2 saturated heterocycles. The van der Waals surface area contributed by atoms with E-state index in [4.69, 9.17) is 10.5 Å². The summed E-state index contributed by atoms with van der Waals surface area (Å²) in [5, 5.41) is 0. The Morgan fingerprint density at radius 2 is 2.29 bits per heavy atom. The Morgan fingerprint density at radius 3 is 2.71 bits per heavy atom. The van der Waals surface area contributed by atoms with E-state index in [1.54, 1.807) is 0 Å². The van der Waals surface area contributed by atoms with Crippen LogP contribution in [-0.2, 0) is 4.74 Å². The standard InChI is InChI=1S/C9H16F2N2O/c10-9(11)3-8(14-6-9)5-13-2-1-7(13)4-12/h7-8H,1-6,12H2. The van der Waals surface area contributed by atoms with Gasteiger partial charge in [0.2, 0.25) is 0 Å². The summed E-state index contributed by atoms with van der Waals surface area (Å²) < 4.78 is 30.6. The van der Waals surface area contributed by atoms with E-state index in [0.717, 1.165) is 13.0 Å². The number of hydrogen-bond acceptors (Lipinski definition) is 3. The van der Waals surface area contributed by atoms with E-state index >= 15 is 0 Å². The second-order valence-electron chi connectivity index (χ2n) is 4.17. The number of rotatable bonds is 3. The summed E-state index contributed by atoms with van der Waals surface area (Å²) in [6.45, 7) is 1.77. The van der Waals surface area contributed by atoms with Crippen molar-refractivity contribution in [3.63, 3.8) is 0 Å². The second-order valence-corrected chi connectivity index (χ2v) is 4.17. The first-order valence-electron chi connectivity index (χ1n) is 5.04. The number of likely N-dealkylation sites (tertiary alicyclic amines) is 1. The van der Waals surface area contributed by atoms with Gasteiger partial charge in [-0.15, -0.1) is 0 Å². The van der Waals surface area contributed by atoms with Gasteiger partial charge < -0.3 is 10.5 Å². The maximum absolute atomic E-state index is 12.8. The third-order valence-corrected chi connectivity index (χ3v) is 3.03. The Morgan fingerprint density at radius 1 is 1.50 bits per heavy atom. The highest BCUT2D eigenvalue weighted by atomic mass is 19.3. The number of ether oxygens (including phenoxy) is 1. The fourth-order valence-corrected chi connectivity index (χ4v) is 2.07. The molecular weight excluding hydrogens is 190 g/mol. The molecule has 82 valence electrons. The van der Waals surface area contributed by atoms with Crippen LogP contribution >= 0.6 is 0 Å². The summed E-state index contributed by atoms with van der Waals surface area (Å²) in [6.07, 6.45) is 0.639. The third kappa shape index (κ3) is 2.04. The molecule has 0 aromatic carbocycles. The molecule has 3 nitrogen and oxygen atoms in total. The van der Waals surface area contributed by atoms with Crippen LogP contribution in [-0.4, -0.2) is 49.2 Å². The Kier molecular flexibility index (Phi) is 2.72. The number of halogens is 2. The topological polar surface area (TPSA) is 38.5 Å². The molecule has 2 aliphatic rings. The minimum atomic E-state index is -2.62. The molecule has 0 aliphatic carbocycles. The molecule has 2 unspecified atom stereocenters. The zero-order valence-corrected chi connectivity index (χ0v) is 8.09. The van der Waals surface area contributed by atoms with Crippen LogP contribution in [0.4, 0.5) is 8.78 Å². The molecular formula is C9H16F2N2O. The highest BCUT2D eigenvalue weighted by molar-refractivity contribution is 4.88. The number of alkyl halides is 2. The lowest BCUT2D eigenvalue weighted by Gasteiger charge is -2.41. The van der Waals surface area contributed by atoms with Gasteiger partial charge in [-0.2, -0.15) is 0 Å². The number of hydrogen-bond donors (Lipinski definition) is 1. The lowest BCUT2D eigenvalue weighted by atomic mass is 10.0. The maximum Gasteiger partial charge on any atom is 0.273 e. The van der Waals surface area contributed by atoms with Crippen molar-refractivity contribution >= 4 is 0 Å². The molecule has 2 aliphatic heterocycles. The first-order chi connectivity index (χ1) is 6.61. The van der Waals surface area contributed by atoms with Crippen molar-refractivity contribution in [2.75, 3.05) is 26.2 Å². The van der Waals surface area contributed by atoms with Gasteiger partial charge in [0.25, 0.3) is 5.92 Å². The molecule has 0 aromatic rings. The normalized spacial score (nSPS) is 37.1. The van der Waals surface area contributed by atoms with E-state index in [-0.39, 0.29) is 12.5 Å². The van der Waals surface area contributed by atoms with Crippen LogP contribution in [0.15, 0.2) is 0 Å². The molecule has 0 bridgehead atoms. The van der Waals surface area contributed by atoms with E-state index in [1.807, 2.05) is 0 Å². The summed E-state index contributed by atoms with van der Waals surface area (Å²) in [7, 11) is 0. The number of nitrogens with two attached hydrogens (primary N) is 1. The summed E-state index contributed by atoms with van der Waals surface area (Å²) in [4.78, 5) is 2.13. The van der Waals surface area contributed by atoms with Crippen molar-refractivity contribution in [1.82, 2.24) is 4.90 Å². The van der Waals surface area contributed by atoms with Crippen molar-refractivity contribution < 1.29 is 13.5 Å². The molecule has 2 fully saturated rings. The van der Waals surface area contributed by atoms with E-state index in [0.29, 0.717) is 19.1 Å². The predicted molar refractivity (Wildman–Crippen MR) is 48.3 cm³/mol. The second kappa shape index (κ2) is 3.72. The SMILES string of the molecule is NCC1CCN1CC1CC(F)(F)CO1. The van der Waals surface area contributed by atoms with Gasteiger partial charge in [0.1, 0.15) is 6.61 Å². The largest absolute Gasteiger partial charge is 0.370 e. The summed E-state index contributed by atoms with van der Waals surface area (Å²) in [6, 6.07) is 0.382. The Hall–Kier alpha value is -0.260. The van der Waals surface area contributed by atoms with Gasteiger partial charge in [0.05, 0.1) is 6.10 Å². The highest BCUT2D eigenvalue weighted by Crippen LogP contribution is 2.31. The van der Waals surface area contributed by atoms with Crippen LogP contribution in [0, 0.1) is 0 Å². The molecule has 2 N–H and O–H groups in total. The lowest BCUT2D eigenvalue weighted by molar-refractivity contribution is -0.0149. The van der Waals surface area contributed by atoms with Crippen molar-refractivity contribution in [2.45, 2.75) is 30.9 Å². The van der Waals surface area contributed by atoms with Crippen LogP contribution in [0.1, 0.15) is 12.8 Å². The van der Waals surface area contributed by atoms with Gasteiger partial charge in [-0.3, -0.25) is 4.90 Å². The van der Waals surface area contributed by atoms with Crippen LogP contribution in [0.3, 0.4) is 0 Å². The highest BCUT2D eigenvalue weighted by Gasteiger charge is 2.42. The summed E-state index contributed by atoms with van der Waals surface area (Å²) in [5.74, 6) is -2.62. The smallest absolute Gasteiger partial charge is 0.273 e. The predicted octanol–water partition coefficient (Wildman–Crippen LogP) is 0.444. The first kappa shape index (κ1) is 10.3. The molecule has 0 amide bonds. The van der Waals surface area contributed by atoms with Crippen molar-refractivity contribution in [1.29, 1.82) is 0 Å². The molecule has 14 heavy (non-hydrogen) atoms. The van der Waals surface area contributed by atoms with Gasteiger partial charge in [0, 0.05) is 32.1 Å². The van der Waals surface area contributed by atoms with Crippen molar-refractivity contribution in [3.05, 3.63) is 0 Å². The lowest BCUT2D eigenvalue weighted by Crippen LogP contribution is -2.54. The molecule has 2 rings (SSSR count). The Bertz CT molecular complexity index is 211. The third-order valence-electron chi connectivity index (χ3n) is 3.03. The summed E-state index contributed by atoms with van der Waals surface area (Å²) >= 11 is 0. The maximum atomic E-state index is 12.8. The van der Waals surface area contributed by atoms with Crippen LogP contribution in [0.2, 0.25) is 0 Å². The van der Waals surface area contributed by atoms with Crippen molar-refractivity contribution in [2.24, 2.45) is 5.73 Å². The molecule has 0 saturated carbocycles. The monoisotopic (exact) mass is 206 g/mol. The molecule has 0 spiro atoms. The fourth-order valence-electron chi connectivity index (χ4n) is 2.07. The van der Waals surface area contributed by atoms with E-state index in [1.165, 1.54) is 0 Å². The zero-order valence-electron chi connectivity index (χ0n) is 8.09. The van der Waals surface area contributed by atoms with E-state index < -0.39 is 12.5 Å². The molecule has 2 heterocycles. The zero-order chi connectivity index (χ0) is 10.2. The van der Waals surface area contributed by atoms with E-state index in [2.05, 4.69) is 4.90 Å². The van der Waals surface area contributed by atoms with E-state index in [9.17, 15) is 8.78 Å². The van der Waals surface area contributed by atoms with Gasteiger partial charge in [-0.05, 0) is 6.42 Å². The van der Waals surface area contributed by atoms with Crippen LogP contribution < -0.4 is 5.73 Å². The average molecular weight is 206 g/mol. The average Bonchev–Trinajstić information content (AvgIpc) is 2.41. The first-order valence-corrected chi connectivity index (χ1v) is 5.04. The Balaban J connectivity index is 1.76. The quantitative estimate of drug-likeness (QED) is 0.728. The van der Waals surface area contributed by atoms with Gasteiger partial charge in [-0.1, -0.05) is 0 Å². The number of nitrogens with zero attached hydrogens (tertiary/aromatic N) is 1. The van der Waals surface area contributed by atoms with Gasteiger partial charge in [0.15, 0.2) is 0 Å². The molecule has 0 aromatic heterocycles. The van der Waals surface area contributed by atoms with Crippen LogP contribution in [0.5, 0.6) is 0 Å². The van der Waals surface area contributed by atoms with Gasteiger partial charge in [-0.25, -0.2) is 8.78 Å². The molecule has 2 atom stereocenters. The van der Waals surface area contributed by atoms with Crippen molar-refractivity contribution in [3.8, 4) is 0 Å².